The molecule has 3 heterocycles. The van der Waals surface area contributed by atoms with Crippen LogP contribution in [0, 0.1) is 5.92 Å². The molecule has 1 aliphatic carbocycles. The van der Waals surface area contributed by atoms with Gasteiger partial charge in [0.05, 0.1) is 12.2 Å². The van der Waals surface area contributed by atoms with Crippen LogP contribution in [-0.4, -0.2) is 40.5 Å². The van der Waals surface area contributed by atoms with Gasteiger partial charge in [0.15, 0.2) is 0 Å². The van der Waals surface area contributed by atoms with Crippen molar-refractivity contribution < 1.29 is 4.79 Å². The summed E-state index contributed by atoms with van der Waals surface area (Å²) in [4.78, 5) is 30.7. The highest BCUT2D eigenvalue weighted by Crippen LogP contribution is 2.34. The van der Waals surface area contributed by atoms with Crippen molar-refractivity contribution in [3.8, 4) is 22.6 Å². The minimum atomic E-state index is -0.0819. The normalized spacial score (nSPS) is 17.7. The van der Waals surface area contributed by atoms with Gasteiger partial charge >= 0.3 is 5.69 Å². The van der Waals surface area contributed by atoms with Crippen LogP contribution in [0.3, 0.4) is 0 Å². The molecule has 1 N–H and O–H groups in total. The van der Waals surface area contributed by atoms with Crippen molar-refractivity contribution in [1.29, 1.82) is 0 Å². The molecular weight excluding hydrogens is 466 g/mol. The van der Waals surface area contributed by atoms with Gasteiger partial charge in [0.2, 0.25) is 5.82 Å². The lowest BCUT2D eigenvalue weighted by Crippen LogP contribution is -2.35. The Morgan fingerprint density at radius 2 is 1.92 bits per heavy atom. The Kier molecular flexibility index (Phi) is 7.39. The van der Waals surface area contributed by atoms with Gasteiger partial charge < -0.3 is 0 Å². The molecule has 9 nitrogen and oxygen atoms in total. The van der Waals surface area contributed by atoms with Crippen molar-refractivity contribution >= 4 is 5.78 Å². The Hall–Kier alpha value is -3.88. The van der Waals surface area contributed by atoms with Crippen LogP contribution in [0.15, 0.2) is 53.6 Å². The number of aromatic nitrogens is 7. The maximum absolute atomic E-state index is 13.7. The number of H-pyrrole nitrogens is 1. The summed E-state index contributed by atoms with van der Waals surface area (Å²) in [7, 11) is 0. The fourth-order valence-corrected chi connectivity index (χ4v) is 5.47. The van der Waals surface area contributed by atoms with E-state index in [4.69, 9.17) is 4.98 Å². The molecule has 37 heavy (non-hydrogen) atoms. The van der Waals surface area contributed by atoms with Crippen LogP contribution in [0.2, 0.25) is 0 Å². The Morgan fingerprint density at radius 1 is 1.11 bits per heavy atom. The molecule has 0 spiro atoms. The van der Waals surface area contributed by atoms with Crippen LogP contribution in [-0.2, 0) is 17.8 Å². The molecule has 192 valence electrons. The fourth-order valence-electron chi connectivity index (χ4n) is 5.47. The largest absolute Gasteiger partial charge is 0.328 e. The van der Waals surface area contributed by atoms with E-state index < -0.39 is 0 Å². The molecule has 1 aliphatic rings. The van der Waals surface area contributed by atoms with Gasteiger partial charge in [-0.05, 0) is 49.5 Å². The van der Waals surface area contributed by atoms with E-state index in [-0.39, 0.29) is 23.4 Å². The first-order valence-corrected chi connectivity index (χ1v) is 13.2. The highest BCUT2D eigenvalue weighted by atomic mass is 16.2. The summed E-state index contributed by atoms with van der Waals surface area (Å²) in [6.07, 6.45) is 10.6. The van der Waals surface area contributed by atoms with E-state index in [1.807, 2.05) is 57.9 Å². The molecule has 0 saturated heterocycles. The average molecular weight is 500 g/mol. The number of benzene rings is 1. The zero-order valence-corrected chi connectivity index (χ0v) is 21.4. The molecule has 0 bridgehead atoms. The average Bonchev–Trinajstić information content (AvgIpc) is 3.57. The summed E-state index contributed by atoms with van der Waals surface area (Å²) in [5, 5.41) is 14.4. The number of tetrazole rings is 1. The third kappa shape index (κ3) is 5.16. The fraction of sp³-hybridized carbons (Fsp3) is 0.429. The van der Waals surface area contributed by atoms with E-state index >= 15 is 0 Å². The number of rotatable bonds is 9. The summed E-state index contributed by atoms with van der Waals surface area (Å²) in [5.41, 5.74) is 4.49. The van der Waals surface area contributed by atoms with E-state index in [2.05, 4.69) is 27.5 Å². The van der Waals surface area contributed by atoms with Crippen LogP contribution in [0.5, 0.6) is 0 Å². The van der Waals surface area contributed by atoms with Gasteiger partial charge in [-0.3, -0.25) is 18.9 Å². The lowest BCUT2D eigenvalue weighted by Gasteiger charge is -2.30. The minimum absolute atomic E-state index is 0.0317. The van der Waals surface area contributed by atoms with Crippen molar-refractivity contribution in [2.45, 2.75) is 71.4 Å². The summed E-state index contributed by atoms with van der Waals surface area (Å²) < 4.78 is 3.71. The number of carbonyl (C=O) groups is 1. The van der Waals surface area contributed by atoms with E-state index in [9.17, 15) is 9.59 Å². The SMILES string of the molecule is CCCCc1cn(C2CCCCC2C(C)=O)c(=O)n1Cc1ccc(-c2ccccc2-c2nn[nH]n2)nc1. The van der Waals surface area contributed by atoms with Crippen molar-refractivity contribution in [2.24, 2.45) is 5.92 Å². The van der Waals surface area contributed by atoms with Gasteiger partial charge in [-0.25, -0.2) is 4.79 Å². The Bertz CT molecular complexity index is 1400. The summed E-state index contributed by atoms with van der Waals surface area (Å²) >= 11 is 0. The highest BCUT2D eigenvalue weighted by Gasteiger charge is 2.32. The molecule has 1 fully saturated rings. The maximum Gasteiger partial charge on any atom is 0.328 e. The molecule has 1 saturated carbocycles. The number of hydrogen-bond acceptors (Lipinski definition) is 6. The molecule has 0 radical (unpaired) electrons. The predicted octanol–water partition coefficient (Wildman–Crippen LogP) is 4.60. The Balaban J connectivity index is 1.45. The van der Waals surface area contributed by atoms with Crippen LogP contribution in [0.25, 0.3) is 22.6 Å². The zero-order valence-electron chi connectivity index (χ0n) is 21.4. The number of hydrogen-bond donors (Lipinski definition) is 1. The van der Waals surface area contributed by atoms with Crippen molar-refractivity contribution in [1.82, 2.24) is 34.7 Å². The topological polar surface area (TPSA) is 111 Å². The summed E-state index contributed by atoms with van der Waals surface area (Å²) in [5.74, 6) is 0.614. The number of imidazole rings is 1. The Morgan fingerprint density at radius 3 is 2.62 bits per heavy atom. The van der Waals surface area contributed by atoms with Gasteiger partial charge in [0.25, 0.3) is 0 Å². The minimum Gasteiger partial charge on any atom is -0.300 e. The second kappa shape index (κ2) is 11.0. The second-order valence-electron chi connectivity index (χ2n) is 9.90. The van der Waals surface area contributed by atoms with Crippen molar-refractivity contribution in [3.63, 3.8) is 0 Å². The standard InChI is InChI=1S/C28H33N7O2/c1-3-4-9-21-18-35(26-13-8-7-10-22(26)19(2)36)28(37)34(21)17-20-14-15-25(29-16-20)23-11-5-6-12-24(23)27-30-32-33-31-27/h5-6,11-12,14-16,18,22,26H,3-4,7-10,13,17H2,1-2H3,(H,30,31,32,33). The van der Waals surface area contributed by atoms with E-state index in [0.717, 1.165) is 73.0 Å². The van der Waals surface area contributed by atoms with Crippen LogP contribution in [0.4, 0.5) is 0 Å². The quantitative estimate of drug-likeness (QED) is 0.360. The number of nitrogens with zero attached hydrogens (tertiary/aromatic N) is 6. The molecular formula is C28H33N7O2. The number of aryl methyl sites for hydroxylation is 1. The molecule has 0 amide bonds. The van der Waals surface area contributed by atoms with Gasteiger partial charge in [0, 0.05) is 41.2 Å². The molecule has 4 aromatic rings. The third-order valence-corrected chi connectivity index (χ3v) is 7.44. The number of carbonyl (C=O) groups excluding carboxylic acids is 1. The smallest absolute Gasteiger partial charge is 0.300 e. The van der Waals surface area contributed by atoms with Crippen LogP contribution < -0.4 is 5.69 Å². The molecule has 5 rings (SSSR count). The molecule has 9 heteroatoms. The second-order valence-corrected chi connectivity index (χ2v) is 9.90. The summed E-state index contributed by atoms with van der Waals surface area (Å²) in [6.45, 7) is 4.26. The van der Waals surface area contributed by atoms with Gasteiger partial charge in [-0.2, -0.15) is 5.21 Å². The summed E-state index contributed by atoms with van der Waals surface area (Å²) in [6, 6.07) is 11.7. The van der Waals surface area contributed by atoms with Crippen molar-refractivity contribution in [2.75, 3.05) is 0 Å². The van der Waals surface area contributed by atoms with E-state index in [0.29, 0.717) is 12.4 Å². The van der Waals surface area contributed by atoms with Gasteiger partial charge in [-0.15, -0.1) is 10.2 Å². The number of pyridine rings is 1. The van der Waals surface area contributed by atoms with Crippen LogP contribution in [0.1, 0.15) is 69.7 Å². The molecule has 2 unspecified atom stereocenters. The number of aromatic amines is 1. The predicted molar refractivity (Wildman–Crippen MR) is 141 cm³/mol. The number of Topliss-reactive ketones (excluding diaryl/α,β-unsaturated/α-hetero) is 1. The number of nitrogens with one attached hydrogen (secondary N) is 1. The zero-order chi connectivity index (χ0) is 25.8. The first-order chi connectivity index (χ1) is 18.1. The number of ketones is 1. The van der Waals surface area contributed by atoms with Crippen LogP contribution >= 0.6 is 0 Å². The van der Waals surface area contributed by atoms with Gasteiger partial charge in [-0.1, -0.05) is 56.5 Å². The molecule has 1 aromatic carbocycles. The number of unbranched alkanes of at least 4 members (excludes halogenated alkanes) is 1. The molecule has 0 aliphatic heterocycles. The lowest BCUT2D eigenvalue weighted by molar-refractivity contribution is -0.123. The lowest BCUT2D eigenvalue weighted by atomic mass is 9.82. The molecule has 3 aromatic heterocycles. The first-order valence-electron chi connectivity index (χ1n) is 13.2. The van der Waals surface area contributed by atoms with E-state index in [1.54, 1.807) is 6.92 Å². The molecule has 2 atom stereocenters. The Labute approximate surface area is 216 Å². The van der Waals surface area contributed by atoms with Gasteiger partial charge in [0.1, 0.15) is 5.78 Å². The maximum atomic E-state index is 13.7. The monoisotopic (exact) mass is 499 g/mol. The highest BCUT2D eigenvalue weighted by molar-refractivity contribution is 5.79. The van der Waals surface area contributed by atoms with E-state index in [1.165, 1.54) is 0 Å². The first kappa shape index (κ1) is 24.8. The van der Waals surface area contributed by atoms with Crippen molar-refractivity contribution in [3.05, 3.63) is 70.5 Å². The third-order valence-electron chi connectivity index (χ3n) is 7.44.